The minimum atomic E-state index is -5.14. The van der Waals surface area contributed by atoms with E-state index in [1.165, 1.54) is 6.08 Å². The van der Waals surface area contributed by atoms with Crippen LogP contribution in [0, 0.1) is 0 Å². The fourth-order valence-electron chi connectivity index (χ4n) is 2.46. The Morgan fingerprint density at radius 2 is 1.68 bits per heavy atom. The number of hydrogen-bond donors (Lipinski definition) is 3. The van der Waals surface area contributed by atoms with Crippen LogP contribution < -0.4 is 0 Å². The van der Waals surface area contributed by atoms with E-state index >= 15 is 0 Å². The molecule has 2 atom stereocenters. The maximum atomic E-state index is 11.7. The molecular formula is C13H12O7P2. The maximum absolute atomic E-state index is 11.7. The highest BCUT2D eigenvalue weighted by molar-refractivity contribution is 7.60. The third-order valence-electron chi connectivity index (χ3n) is 3.18. The predicted molar refractivity (Wildman–Crippen MR) is 79.8 cm³/mol. The molecule has 0 amide bonds. The Morgan fingerprint density at radius 3 is 2.36 bits per heavy atom. The quantitative estimate of drug-likeness (QED) is 0.732. The zero-order valence-corrected chi connectivity index (χ0v) is 12.9. The van der Waals surface area contributed by atoms with Crippen LogP contribution in [0.4, 0.5) is 0 Å². The van der Waals surface area contributed by atoms with Crippen molar-refractivity contribution < 1.29 is 32.6 Å². The smallest absolute Gasteiger partial charge is 0.302 e. The lowest BCUT2D eigenvalue weighted by atomic mass is 9.92. The fraction of sp³-hybridized carbons (Fsp3) is 0.0769. The van der Waals surface area contributed by atoms with Gasteiger partial charge in [-0.25, -0.2) is 9.13 Å². The van der Waals surface area contributed by atoms with Gasteiger partial charge < -0.3 is 14.7 Å². The van der Waals surface area contributed by atoms with Gasteiger partial charge in [-0.3, -0.25) is 4.52 Å². The third kappa shape index (κ3) is 3.21. The fourth-order valence-corrected chi connectivity index (χ4v) is 4.16. The van der Waals surface area contributed by atoms with Gasteiger partial charge in [-0.15, -0.1) is 0 Å². The van der Waals surface area contributed by atoms with Crippen LogP contribution in [0.15, 0.2) is 42.5 Å². The van der Waals surface area contributed by atoms with Crippen molar-refractivity contribution in [1.29, 1.82) is 0 Å². The SMILES string of the molecule is O=P(O)(O)OP(=O)(O)OC1C=Cc2cccc3cccc1c23. The second-order valence-corrected chi connectivity index (χ2v) is 7.50. The maximum Gasteiger partial charge on any atom is 0.482 e. The molecule has 0 bridgehead atoms. The first kappa shape index (κ1) is 15.6. The minimum Gasteiger partial charge on any atom is -0.302 e. The molecule has 3 rings (SSSR count). The van der Waals surface area contributed by atoms with Crippen LogP contribution in [0.3, 0.4) is 0 Å². The average Bonchev–Trinajstić information content (AvgIpc) is 2.39. The molecule has 0 fully saturated rings. The Kier molecular flexibility index (Phi) is 3.83. The van der Waals surface area contributed by atoms with E-state index in [-0.39, 0.29) is 0 Å². The van der Waals surface area contributed by atoms with E-state index in [4.69, 9.17) is 14.3 Å². The van der Waals surface area contributed by atoms with Crippen LogP contribution >= 0.6 is 15.6 Å². The zero-order valence-electron chi connectivity index (χ0n) is 11.1. The number of rotatable bonds is 4. The molecule has 1 aliphatic carbocycles. The van der Waals surface area contributed by atoms with Crippen LogP contribution in [0.5, 0.6) is 0 Å². The van der Waals surface area contributed by atoms with Crippen molar-refractivity contribution in [3.63, 3.8) is 0 Å². The van der Waals surface area contributed by atoms with Gasteiger partial charge in [0.25, 0.3) is 0 Å². The number of phosphoric ester groups is 1. The molecule has 1 aliphatic rings. The topological polar surface area (TPSA) is 113 Å². The largest absolute Gasteiger partial charge is 0.482 e. The minimum absolute atomic E-state index is 0.624. The zero-order chi connectivity index (χ0) is 16.0. The standard InChI is InChI=1S/C13H12O7P2/c14-21(15,16)20-22(17,18)19-12-8-7-10-4-1-3-9-5-2-6-11(12)13(9)10/h1-8,12H,(H,17,18)(H2,14,15,16). The molecule has 2 aromatic rings. The summed E-state index contributed by atoms with van der Waals surface area (Å²) in [5, 5.41) is 1.78. The Morgan fingerprint density at radius 1 is 1.00 bits per heavy atom. The molecule has 22 heavy (non-hydrogen) atoms. The number of phosphoric acid groups is 2. The van der Waals surface area contributed by atoms with Crippen LogP contribution in [0.25, 0.3) is 16.8 Å². The molecule has 0 spiro atoms. The monoisotopic (exact) mass is 342 g/mol. The van der Waals surface area contributed by atoms with Crippen molar-refractivity contribution in [2.75, 3.05) is 0 Å². The van der Waals surface area contributed by atoms with Crippen molar-refractivity contribution in [3.05, 3.63) is 53.6 Å². The van der Waals surface area contributed by atoms with Gasteiger partial charge in [0.05, 0.1) is 0 Å². The number of benzene rings is 2. The van der Waals surface area contributed by atoms with E-state index < -0.39 is 21.7 Å². The van der Waals surface area contributed by atoms with Crippen LogP contribution in [-0.2, 0) is 18.0 Å². The number of hydrogen-bond acceptors (Lipinski definition) is 4. The van der Waals surface area contributed by atoms with Gasteiger partial charge in [0.2, 0.25) is 0 Å². The van der Waals surface area contributed by atoms with Gasteiger partial charge >= 0.3 is 15.6 Å². The van der Waals surface area contributed by atoms with Gasteiger partial charge in [-0.1, -0.05) is 48.6 Å². The first-order valence-corrected chi connectivity index (χ1v) is 9.26. The third-order valence-corrected chi connectivity index (χ3v) is 5.35. The Hall–Kier alpha value is -1.30. The van der Waals surface area contributed by atoms with E-state index in [1.54, 1.807) is 18.2 Å². The second-order valence-electron chi connectivity index (χ2n) is 4.72. The molecular weight excluding hydrogens is 330 g/mol. The molecule has 7 nitrogen and oxygen atoms in total. The Labute approximate surface area is 125 Å². The van der Waals surface area contributed by atoms with Crippen molar-refractivity contribution in [2.45, 2.75) is 6.10 Å². The molecule has 0 radical (unpaired) electrons. The first-order chi connectivity index (χ1) is 10.3. The van der Waals surface area contributed by atoms with E-state index in [0.717, 1.165) is 16.3 Å². The van der Waals surface area contributed by atoms with Crippen molar-refractivity contribution >= 4 is 32.5 Å². The van der Waals surface area contributed by atoms with E-state index in [2.05, 4.69) is 4.31 Å². The van der Waals surface area contributed by atoms with Crippen molar-refractivity contribution in [3.8, 4) is 0 Å². The molecule has 2 unspecified atom stereocenters. The lowest BCUT2D eigenvalue weighted by Gasteiger charge is -2.23. The van der Waals surface area contributed by atoms with Crippen molar-refractivity contribution in [1.82, 2.24) is 0 Å². The summed E-state index contributed by atoms with van der Waals surface area (Å²) in [4.78, 5) is 26.8. The van der Waals surface area contributed by atoms with E-state index in [9.17, 15) is 14.0 Å². The van der Waals surface area contributed by atoms with E-state index in [1.807, 2.05) is 24.3 Å². The molecule has 2 aromatic carbocycles. The second kappa shape index (κ2) is 5.41. The van der Waals surface area contributed by atoms with Crippen molar-refractivity contribution in [2.24, 2.45) is 0 Å². The lowest BCUT2D eigenvalue weighted by Crippen LogP contribution is -2.05. The molecule has 0 aliphatic heterocycles. The summed E-state index contributed by atoms with van der Waals surface area (Å²) in [5.41, 5.74) is 1.55. The van der Waals surface area contributed by atoms with Crippen LogP contribution in [0.2, 0.25) is 0 Å². The van der Waals surface area contributed by atoms with Gasteiger partial charge in [-0.2, -0.15) is 4.31 Å². The summed E-state index contributed by atoms with van der Waals surface area (Å²) in [6.07, 6.45) is 2.31. The highest BCUT2D eigenvalue weighted by Gasteiger charge is 2.35. The normalized spacial score (nSPS) is 20.0. The van der Waals surface area contributed by atoms with Gasteiger partial charge in [0.1, 0.15) is 6.10 Å². The van der Waals surface area contributed by atoms with Gasteiger partial charge in [-0.05, 0) is 21.9 Å². The molecule has 116 valence electrons. The molecule has 0 aromatic heterocycles. The molecule has 0 saturated carbocycles. The summed E-state index contributed by atoms with van der Waals surface area (Å²) in [6.45, 7) is 0. The van der Waals surface area contributed by atoms with Gasteiger partial charge in [0, 0.05) is 0 Å². The highest BCUT2D eigenvalue weighted by Crippen LogP contribution is 2.60. The summed E-state index contributed by atoms with van der Waals surface area (Å²) >= 11 is 0. The molecule has 3 N–H and O–H groups in total. The summed E-state index contributed by atoms with van der Waals surface area (Å²) in [7, 11) is -10.1. The summed E-state index contributed by atoms with van der Waals surface area (Å²) in [6, 6.07) is 11.1. The van der Waals surface area contributed by atoms with Crippen LogP contribution in [0.1, 0.15) is 17.2 Å². The van der Waals surface area contributed by atoms with Crippen LogP contribution in [-0.4, -0.2) is 14.7 Å². The molecule has 9 heteroatoms. The average molecular weight is 342 g/mol. The highest BCUT2D eigenvalue weighted by atomic mass is 31.3. The first-order valence-electron chi connectivity index (χ1n) is 6.23. The Bertz CT molecular complexity index is 849. The molecule has 0 saturated heterocycles. The lowest BCUT2D eigenvalue weighted by molar-refractivity contribution is 0.152. The van der Waals surface area contributed by atoms with Gasteiger partial charge in [0.15, 0.2) is 0 Å². The summed E-state index contributed by atoms with van der Waals surface area (Å²) in [5.74, 6) is 0. The Balaban J connectivity index is 1.99. The van der Waals surface area contributed by atoms with E-state index in [0.29, 0.717) is 5.56 Å². The predicted octanol–water partition coefficient (Wildman–Crippen LogP) is 3.13. The summed E-state index contributed by atoms with van der Waals surface area (Å²) < 4.78 is 31.2. The molecule has 0 heterocycles.